The van der Waals surface area contributed by atoms with Gasteiger partial charge in [0.15, 0.2) is 0 Å². The first kappa shape index (κ1) is 16.1. The van der Waals surface area contributed by atoms with E-state index in [1.54, 1.807) is 6.33 Å². The molecule has 0 saturated carbocycles. The topological polar surface area (TPSA) is 46.8 Å². The maximum atomic E-state index is 4.85. The van der Waals surface area contributed by atoms with Crippen molar-refractivity contribution in [2.24, 2.45) is 5.92 Å². The maximum absolute atomic E-state index is 4.85. The van der Waals surface area contributed by atoms with Crippen LogP contribution >= 0.6 is 0 Å². The second-order valence-corrected chi connectivity index (χ2v) is 6.97. The number of rotatable bonds is 5. The summed E-state index contributed by atoms with van der Waals surface area (Å²) < 4.78 is 1.96. The Kier molecular flexibility index (Phi) is 4.63. The number of anilines is 1. The van der Waals surface area contributed by atoms with Crippen LogP contribution in [0, 0.1) is 5.92 Å². The molecule has 0 amide bonds. The van der Waals surface area contributed by atoms with Crippen LogP contribution in [0.4, 0.5) is 5.69 Å². The molecule has 4 rings (SSSR count). The predicted octanol–water partition coefficient (Wildman–Crippen LogP) is 3.70. The molecule has 1 aliphatic rings. The monoisotopic (exact) mass is 335 g/mol. The molecule has 3 aromatic rings. The van der Waals surface area contributed by atoms with Crippen LogP contribution in [0.1, 0.15) is 31.9 Å². The Morgan fingerprint density at radius 2 is 2.16 bits per heavy atom. The highest BCUT2D eigenvalue weighted by atomic mass is 15.3. The second kappa shape index (κ2) is 7.21. The van der Waals surface area contributed by atoms with Gasteiger partial charge in [-0.1, -0.05) is 31.5 Å². The molecule has 130 valence electrons. The quantitative estimate of drug-likeness (QED) is 0.713. The first-order valence-electron chi connectivity index (χ1n) is 9.29. The summed E-state index contributed by atoms with van der Waals surface area (Å²) in [5, 5.41) is 5.54. The van der Waals surface area contributed by atoms with Crippen molar-refractivity contribution in [3.63, 3.8) is 0 Å². The largest absolute Gasteiger partial charge is 0.371 e. The van der Waals surface area contributed by atoms with E-state index >= 15 is 0 Å². The van der Waals surface area contributed by atoms with Crippen LogP contribution in [0.15, 0.2) is 43.0 Å². The minimum Gasteiger partial charge on any atom is -0.371 e. The highest BCUT2D eigenvalue weighted by Crippen LogP contribution is 2.31. The highest BCUT2D eigenvalue weighted by molar-refractivity contribution is 5.92. The van der Waals surface area contributed by atoms with Gasteiger partial charge in [0.2, 0.25) is 0 Å². The molecule has 0 bridgehead atoms. The molecule has 1 fully saturated rings. The molecule has 0 aliphatic carbocycles. The SMILES string of the molecule is CCCc1cc(N2CCCC(Cn3cncn3)C2)c2ccccc2n1. The minimum absolute atomic E-state index is 0.608. The van der Waals surface area contributed by atoms with Gasteiger partial charge in [0, 0.05) is 36.4 Å². The number of aromatic nitrogens is 4. The van der Waals surface area contributed by atoms with E-state index in [-0.39, 0.29) is 0 Å². The molecule has 3 heterocycles. The van der Waals surface area contributed by atoms with Crippen molar-refractivity contribution >= 4 is 16.6 Å². The predicted molar refractivity (Wildman–Crippen MR) is 101 cm³/mol. The third-order valence-electron chi connectivity index (χ3n) is 5.03. The summed E-state index contributed by atoms with van der Waals surface area (Å²) >= 11 is 0. The molecule has 5 nitrogen and oxygen atoms in total. The van der Waals surface area contributed by atoms with E-state index in [1.807, 2.05) is 11.0 Å². The summed E-state index contributed by atoms with van der Waals surface area (Å²) in [5.41, 5.74) is 3.66. The molecule has 0 spiro atoms. The molecule has 0 N–H and O–H groups in total. The van der Waals surface area contributed by atoms with Crippen LogP contribution in [-0.4, -0.2) is 32.8 Å². The lowest BCUT2D eigenvalue weighted by Gasteiger charge is -2.35. The number of aryl methyl sites for hydroxylation is 1. The fourth-order valence-electron chi connectivity index (χ4n) is 3.88. The van der Waals surface area contributed by atoms with Gasteiger partial charge in [-0.15, -0.1) is 0 Å². The van der Waals surface area contributed by atoms with Gasteiger partial charge < -0.3 is 4.90 Å². The number of benzene rings is 1. The molecular formula is C20H25N5. The first-order valence-corrected chi connectivity index (χ1v) is 9.29. The van der Waals surface area contributed by atoms with Gasteiger partial charge in [-0.25, -0.2) is 4.98 Å². The van der Waals surface area contributed by atoms with E-state index in [9.17, 15) is 0 Å². The lowest BCUT2D eigenvalue weighted by Crippen LogP contribution is -2.37. The zero-order chi connectivity index (χ0) is 17.1. The van der Waals surface area contributed by atoms with Gasteiger partial charge in [0.05, 0.1) is 5.52 Å². The lowest BCUT2D eigenvalue weighted by molar-refractivity contribution is 0.352. The zero-order valence-corrected chi connectivity index (χ0v) is 14.8. The third kappa shape index (κ3) is 3.50. The van der Waals surface area contributed by atoms with Crippen molar-refractivity contribution in [2.75, 3.05) is 18.0 Å². The molecule has 1 aliphatic heterocycles. The molecular weight excluding hydrogens is 310 g/mol. The Morgan fingerprint density at radius 1 is 1.24 bits per heavy atom. The van der Waals surface area contributed by atoms with Gasteiger partial charge >= 0.3 is 0 Å². The van der Waals surface area contributed by atoms with E-state index in [2.05, 4.69) is 52.2 Å². The maximum Gasteiger partial charge on any atom is 0.137 e. The fraction of sp³-hybridized carbons (Fsp3) is 0.450. The zero-order valence-electron chi connectivity index (χ0n) is 14.8. The van der Waals surface area contributed by atoms with Gasteiger partial charge in [-0.2, -0.15) is 5.10 Å². The van der Waals surface area contributed by atoms with Crippen LogP contribution < -0.4 is 4.90 Å². The molecule has 1 saturated heterocycles. The Balaban J connectivity index is 1.63. The van der Waals surface area contributed by atoms with Crippen LogP contribution in [0.3, 0.4) is 0 Å². The summed E-state index contributed by atoms with van der Waals surface area (Å²) in [4.78, 5) is 11.5. The van der Waals surface area contributed by atoms with E-state index in [1.165, 1.54) is 29.6 Å². The van der Waals surface area contributed by atoms with Crippen LogP contribution in [0.2, 0.25) is 0 Å². The molecule has 5 heteroatoms. The number of piperidine rings is 1. The number of fused-ring (bicyclic) bond motifs is 1. The number of pyridine rings is 1. The van der Waals surface area contributed by atoms with Crippen molar-refractivity contribution < 1.29 is 0 Å². The number of para-hydroxylation sites is 1. The molecule has 0 radical (unpaired) electrons. The highest BCUT2D eigenvalue weighted by Gasteiger charge is 2.22. The molecule has 1 unspecified atom stereocenters. The number of nitrogens with zero attached hydrogens (tertiary/aromatic N) is 5. The standard InChI is InChI=1S/C20H25N5/c1-2-6-17-11-20(18-8-3-4-9-19(18)23-17)24-10-5-7-16(12-24)13-25-15-21-14-22-25/h3-4,8-9,11,14-16H,2,5-7,10,12-13H2,1H3. The van der Waals surface area contributed by atoms with E-state index in [0.29, 0.717) is 5.92 Å². The van der Waals surface area contributed by atoms with Gasteiger partial charge in [0.25, 0.3) is 0 Å². The minimum atomic E-state index is 0.608. The summed E-state index contributed by atoms with van der Waals surface area (Å²) in [6.07, 6.45) is 8.07. The third-order valence-corrected chi connectivity index (χ3v) is 5.03. The Bertz CT molecular complexity index is 827. The van der Waals surface area contributed by atoms with E-state index in [0.717, 1.165) is 38.0 Å². The summed E-state index contributed by atoms with van der Waals surface area (Å²) in [7, 11) is 0. The van der Waals surface area contributed by atoms with Gasteiger partial charge in [-0.05, 0) is 37.3 Å². The van der Waals surface area contributed by atoms with Gasteiger partial charge in [-0.3, -0.25) is 9.67 Å². The van der Waals surface area contributed by atoms with Crippen molar-refractivity contribution in [3.8, 4) is 0 Å². The average Bonchev–Trinajstić information content (AvgIpc) is 3.14. The Morgan fingerprint density at radius 3 is 3.00 bits per heavy atom. The Labute approximate surface area is 148 Å². The van der Waals surface area contributed by atoms with Crippen molar-refractivity contribution in [1.29, 1.82) is 0 Å². The summed E-state index contributed by atoms with van der Waals surface area (Å²) in [6, 6.07) is 10.8. The van der Waals surface area contributed by atoms with Crippen LogP contribution in [0.5, 0.6) is 0 Å². The molecule has 2 aromatic heterocycles. The van der Waals surface area contributed by atoms with E-state index in [4.69, 9.17) is 4.98 Å². The van der Waals surface area contributed by atoms with Crippen molar-refractivity contribution in [1.82, 2.24) is 19.7 Å². The number of hydrogen-bond donors (Lipinski definition) is 0. The van der Waals surface area contributed by atoms with Crippen LogP contribution in [0.25, 0.3) is 10.9 Å². The summed E-state index contributed by atoms with van der Waals surface area (Å²) in [6.45, 7) is 5.35. The molecule has 1 atom stereocenters. The van der Waals surface area contributed by atoms with E-state index < -0.39 is 0 Å². The fourth-order valence-corrected chi connectivity index (χ4v) is 3.88. The van der Waals surface area contributed by atoms with Gasteiger partial charge in [0.1, 0.15) is 12.7 Å². The molecule has 25 heavy (non-hydrogen) atoms. The lowest BCUT2D eigenvalue weighted by atomic mass is 9.96. The Hall–Kier alpha value is -2.43. The number of hydrogen-bond acceptors (Lipinski definition) is 4. The second-order valence-electron chi connectivity index (χ2n) is 6.97. The smallest absolute Gasteiger partial charge is 0.137 e. The van der Waals surface area contributed by atoms with Crippen LogP contribution in [-0.2, 0) is 13.0 Å². The normalized spacial score (nSPS) is 18.0. The average molecular weight is 335 g/mol. The first-order chi connectivity index (χ1) is 12.3. The molecule has 1 aromatic carbocycles. The van der Waals surface area contributed by atoms with Crippen molar-refractivity contribution in [3.05, 3.63) is 48.7 Å². The summed E-state index contributed by atoms with van der Waals surface area (Å²) in [5.74, 6) is 0.608. The van der Waals surface area contributed by atoms with Crippen molar-refractivity contribution in [2.45, 2.75) is 39.2 Å².